The fourth-order valence-electron chi connectivity index (χ4n) is 3.05. The molecule has 4 aromatic rings. The van der Waals surface area contributed by atoms with Crippen molar-refractivity contribution in [2.75, 3.05) is 0 Å². The number of carbonyl (C=O) groups excluding carboxylic acids is 1. The van der Waals surface area contributed by atoms with Gasteiger partial charge in [0.15, 0.2) is 0 Å². The Hall–Kier alpha value is -3.31. The largest absolute Gasteiger partial charge is 0.457 e. The van der Waals surface area contributed by atoms with Crippen LogP contribution in [0.5, 0.6) is 11.5 Å². The van der Waals surface area contributed by atoms with Crippen molar-refractivity contribution in [1.82, 2.24) is 9.55 Å². The first-order chi connectivity index (χ1) is 13.0. The van der Waals surface area contributed by atoms with Gasteiger partial charge < -0.3 is 14.3 Å². The Morgan fingerprint density at radius 1 is 1.07 bits per heavy atom. The van der Waals surface area contributed by atoms with Gasteiger partial charge in [0.2, 0.25) is 0 Å². The van der Waals surface area contributed by atoms with Crippen LogP contribution in [0, 0.1) is 0 Å². The maximum Gasteiger partial charge on any atom is 0.274 e. The van der Waals surface area contributed by atoms with Gasteiger partial charge in [-0.25, -0.2) is 0 Å². The van der Waals surface area contributed by atoms with Crippen LogP contribution in [-0.2, 0) is 7.05 Å². The van der Waals surface area contributed by atoms with Crippen molar-refractivity contribution in [3.8, 4) is 22.6 Å². The lowest BCUT2D eigenvalue weighted by molar-refractivity contribution is 0.108. The lowest BCUT2D eigenvalue weighted by Crippen LogP contribution is -2.16. The number of pyridine rings is 1. The molecule has 2 aromatic heterocycles. The van der Waals surface area contributed by atoms with Crippen LogP contribution < -0.4 is 10.3 Å². The minimum atomic E-state index is -0.558. The summed E-state index contributed by atoms with van der Waals surface area (Å²) >= 11 is 5.69. The van der Waals surface area contributed by atoms with Gasteiger partial charge in [-0.3, -0.25) is 9.59 Å². The first kappa shape index (κ1) is 17.1. The summed E-state index contributed by atoms with van der Waals surface area (Å²) in [5, 5.41) is 0.188. The van der Waals surface area contributed by atoms with Crippen molar-refractivity contribution in [3.05, 3.63) is 82.9 Å². The molecule has 0 aliphatic heterocycles. The number of aryl methyl sites for hydroxylation is 1. The van der Waals surface area contributed by atoms with E-state index in [0.717, 1.165) is 10.9 Å². The maximum absolute atomic E-state index is 12.3. The van der Waals surface area contributed by atoms with E-state index in [-0.39, 0.29) is 5.56 Å². The van der Waals surface area contributed by atoms with E-state index in [1.165, 1.54) is 4.57 Å². The third-order valence-corrected chi connectivity index (χ3v) is 4.58. The predicted octanol–water partition coefficient (Wildman–Crippen LogP) is 4.70. The molecule has 0 saturated heterocycles. The van der Waals surface area contributed by atoms with Crippen LogP contribution in [0.15, 0.2) is 71.8 Å². The van der Waals surface area contributed by atoms with E-state index in [4.69, 9.17) is 16.3 Å². The number of rotatable bonds is 4. The Balaban J connectivity index is 1.97. The minimum absolute atomic E-state index is 0.131. The number of nitrogens with zero attached hydrogens (tertiary/aromatic N) is 1. The maximum atomic E-state index is 12.3. The van der Waals surface area contributed by atoms with Gasteiger partial charge in [-0.2, -0.15) is 0 Å². The monoisotopic (exact) mass is 378 g/mol. The molecular weight excluding hydrogens is 364 g/mol. The average molecular weight is 379 g/mol. The number of ether oxygens (including phenoxy) is 1. The molecule has 0 saturated carbocycles. The molecule has 5 nitrogen and oxygen atoms in total. The van der Waals surface area contributed by atoms with Gasteiger partial charge in [0.1, 0.15) is 17.0 Å². The minimum Gasteiger partial charge on any atom is -0.457 e. The number of halogens is 1. The molecule has 0 aliphatic carbocycles. The van der Waals surface area contributed by atoms with E-state index in [1.54, 1.807) is 37.6 Å². The van der Waals surface area contributed by atoms with Crippen LogP contribution in [0.4, 0.5) is 0 Å². The van der Waals surface area contributed by atoms with E-state index < -0.39 is 5.24 Å². The molecule has 134 valence electrons. The fourth-order valence-corrected chi connectivity index (χ4v) is 3.17. The van der Waals surface area contributed by atoms with E-state index in [1.807, 2.05) is 36.4 Å². The van der Waals surface area contributed by atoms with Gasteiger partial charge in [0, 0.05) is 41.5 Å². The number of hydrogen-bond acceptors (Lipinski definition) is 3. The zero-order chi connectivity index (χ0) is 19.0. The van der Waals surface area contributed by atoms with Crippen LogP contribution in [0.3, 0.4) is 0 Å². The third-order valence-electron chi connectivity index (χ3n) is 4.36. The molecule has 27 heavy (non-hydrogen) atoms. The summed E-state index contributed by atoms with van der Waals surface area (Å²) in [5.74, 6) is 1.22. The molecule has 0 bridgehead atoms. The van der Waals surface area contributed by atoms with Crippen molar-refractivity contribution in [2.45, 2.75) is 0 Å². The molecule has 0 aliphatic rings. The SMILES string of the molecule is Cn1cc(-c2cc(C(=O)Cl)ccc2Oc2ccccc2)c2cc[nH]c2c1=O. The Morgan fingerprint density at radius 3 is 2.59 bits per heavy atom. The first-order valence-electron chi connectivity index (χ1n) is 8.28. The van der Waals surface area contributed by atoms with Crippen LogP contribution in [0.1, 0.15) is 10.4 Å². The van der Waals surface area contributed by atoms with E-state index in [2.05, 4.69) is 4.98 Å². The molecule has 0 fully saturated rings. The Morgan fingerprint density at radius 2 is 1.85 bits per heavy atom. The molecular formula is C21H15ClN2O3. The summed E-state index contributed by atoms with van der Waals surface area (Å²) < 4.78 is 7.54. The fraction of sp³-hybridized carbons (Fsp3) is 0.0476. The number of nitrogens with one attached hydrogen (secondary N) is 1. The second kappa shape index (κ2) is 6.78. The quantitative estimate of drug-likeness (QED) is 0.523. The summed E-state index contributed by atoms with van der Waals surface area (Å²) in [6.07, 6.45) is 3.44. The van der Waals surface area contributed by atoms with Crippen molar-refractivity contribution in [1.29, 1.82) is 0 Å². The van der Waals surface area contributed by atoms with Gasteiger partial charge in [0.25, 0.3) is 10.8 Å². The molecule has 0 amide bonds. The molecule has 2 heterocycles. The number of hydrogen-bond donors (Lipinski definition) is 1. The second-order valence-corrected chi connectivity index (χ2v) is 6.47. The lowest BCUT2D eigenvalue weighted by atomic mass is 10.0. The second-order valence-electron chi connectivity index (χ2n) is 6.12. The number of H-pyrrole nitrogens is 1. The lowest BCUT2D eigenvalue weighted by Gasteiger charge is -2.14. The highest BCUT2D eigenvalue weighted by molar-refractivity contribution is 6.67. The molecule has 0 spiro atoms. The van der Waals surface area contributed by atoms with Gasteiger partial charge >= 0.3 is 0 Å². The zero-order valence-corrected chi connectivity index (χ0v) is 15.2. The van der Waals surface area contributed by atoms with Crippen LogP contribution in [0.2, 0.25) is 0 Å². The van der Waals surface area contributed by atoms with Crippen LogP contribution in [0.25, 0.3) is 22.0 Å². The number of benzene rings is 2. The molecule has 1 N–H and O–H groups in total. The van der Waals surface area contributed by atoms with Crippen molar-refractivity contribution in [3.63, 3.8) is 0 Å². The smallest absolute Gasteiger partial charge is 0.274 e. The molecule has 6 heteroatoms. The molecule has 0 radical (unpaired) electrons. The predicted molar refractivity (Wildman–Crippen MR) is 106 cm³/mol. The van der Waals surface area contributed by atoms with Crippen molar-refractivity contribution < 1.29 is 9.53 Å². The number of para-hydroxylation sites is 1. The summed E-state index contributed by atoms with van der Waals surface area (Å²) in [7, 11) is 1.68. The number of aromatic amines is 1. The van der Waals surface area contributed by atoms with Gasteiger partial charge in [-0.1, -0.05) is 18.2 Å². The number of fused-ring (bicyclic) bond motifs is 1. The molecule has 0 unspecified atom stereocenters. The van der Waals surface area contributed by atoms with Crippen LogP contribution >= 0.6 is 11.6 Å². The van der Waals surface area contributed by atoms with E-state index in [9.17, 15) is 9.59 Å². The van der Waals surface area contributed by atoms with E-state index in [0.29, 0.717) is 28.1 Å². The first-order valence-corrected chi connectivity index (χ1v) is 8.66. The summed E-state index contributed by atoms with van der Waals surface area (Å²) in [6, 6.07) is 16.2. The Bertz CT molecular complexity index is 1210. The van der Waals surface area contributed by atoms with Gasteiger partial charge in [-0.15, -0.1) is 0 Å². The van der Waals surface area contributed by atoms with Crippen molar-refractivity contribution in [2.24, 2.45) is 7.05 Å². The molecule has 4 rings (SSSR count). The highest BCUT2D eigenvalue weighted by Gasteiger charge is 2.16. The Kier molecular flexibility index (Phi) is 4.30. The van der Waals surface area contributed by atoms with Crippen molar-refractivity contribution >= 4 is 27.7 Å². The Labute approximate surface area is 159 Å². The number of carbonyl (C=O) groups is 1. The summed E-state index contributed by atoms with van der Waals surface area (Å²) in [5.41, 5.74) is 2.14. The standard InChI is InChI=1S/C21H15ClN2O3/c1-24-12-17(15-9-10-23-19(15)21(24)26)16-11-13(20(22)25)7-8-18(16)27-14-5-3-2-4-6-14/h2-12,23H,1H3. The third kappa shape index (κ3) is 3.13. The molecule has 0 atom stereocenters. The summed E-state index contributed by atoms with van der Waals surface area (Å²) in [4.78, 5) is 27.0. The zero-order valence-electron chi connectivity index (χ0n) is 14.4. The van der Waals surface area contributed by atoms with Gasteiger partial charge in [-0.05, 0) is 48.0 Å². The number of aromatic nitrogens is 2. The summed E-state index contributed by atoms with van der Waals surface area (Å²) in [6.45, 7) is 0. The average Bonchev–Trinajstić information content (AvgIpc) is 3.16. The van der Waals surface area contributed by atoms with E-state index >= 15 is 0 Å². The van der Waals surface area contributed by atoms with Crippen LogP contribution in [-0.4, -0.2) is 14.8 Å². The molecule has 2 aromatic carbocycles. The van der Waals surface area contributed by atoms with Gasteiger partial charge in [0.05, 0.1) is 0 Å². The highest BCUT2D eigenvalue weighted by atomic mass is 35.5. The topological polar surface area (TPSA) is 64.1 Å². The normalized spacial score (nSPS) is 10.9. The highest BCUT2D eigenvalue weighted by Crippen LogP contribution is 2.37.